The molecule has 32 heavy (non-hydrogen) atoms. The van der Waals surface area contributed by atoms with Crippen LogP contribution in [0.3, 0.4) is 0 Å². The number of fused-ring (bicyclic) bond motifs is 1. The van der Waals surface area contributed by atoms with Crippen LogP contribution in [-0.2, 0) is 17.8 Å². The van der Waals surface area contributed by atoms with Crippen LogP contribution in [0.1, 0.15) is 43.9 Å². The average molecular weight is 456 g/mol. The summed E-state index contributed by atoms with van der Waals surface area (Å²) in [6.45, 7) is 8.74. The molecule has 170 valence electrons. The minimum Gasteiger partial charge on any atom is -0.489 e. The summed E-state index contributed by atoms with van der Waals surface area (Å²) in [5, 5.41) is 9.67. The SMILES string of the molecule is CC1=C(CN2CC(C(=O)O)C2)CCc2cc(OCc3ccc(OC(C)C)c(Cl)c3)ccc21. The van der Waals surface area contributed by atoms with E-state index >= 15 is 0 Å². The summed E-state index contributed by atoms with van der Waals surface area (Å²) >= 11 is 6.34. The van der Waals surface area contributed by atoms with Gasteiger partial charge in [-0.15, -0.1) is 0 Å². The fourth-order valence-corrected chi connectivity index (χ4v) is 4.62. The number of nitrogens with zero attached hydrogens (tertiary/aromatic N) is 1. The van der Waals surface area contributed by atoms with Gasteiger partial charge in [-0.25, -0.2) is 0 Å². The van der Waals surface area contributed by atoms with Crippen LogP contribution in [0.25, 0.3) is 5.57 Å². The van der Waals surface area contributed by atoms with E-state index in [2.05, 4.69) is 24.0 Å². The van der Waals surface area contributed by atoms with Gasteiger partial charge >= 0.3 is 5.97 Å². The van der Waals surface area contributed by atoms with Crippen LogP contribution < -0.4 is 9.47 Å². The number of likely N-dealkylation sites (tertiary alicyclic amines) is 1. The van der Waals surface area contributed by atoms with Crippen molar-refractivity contribution in [2.45, 2.75) is 46.3 Å². The molecule has 0 amide bonds. The Morgan fingerprint density at radius 2 is 1.97 bits per heavy atom. The molecule has 0 radical (unpaired) electrons. The van der Waals surface area contributed by atoms with Crippen molar-refractivity contribution in [2.75, 3.05) is 19.6 Å². The zero-order chi connectivity index (χ0) is 22.8. The van der Waals surface area contributed by atoms with Crippen LogP contribution in [0, 0.1) is 5.92 Å². The van der Waals surface area contributed by atoms with Crippen molar-refractivity contribution >= 4 is 23.1 Å². The Bertz CT molecular complexity index is 1040. The van der Waals surface area contributed by atoms with E-state index in [0.29, 0.717) is 30.5 Å². The smallest absolute Gasteiger partial charge is 0.309 e. The van der Waals surface area contributed by atoms with E-state index in [-0.39, 0.29) is 12.0 Å². The summed E-state index contributed by atoms with van der Waals surface area (Å²) in [5.74, 6) is 0.649. The van der Waals surface area contributed by atoms with Crippen molar-refractivity contribution in [1.82, 2.24) is 4.90 Å². The molecule has 1 fully saturated rings. The number of carboxylic acid groups (broad SMARTS) is 1. The van der Waals surface area contributed by atoms with Crippen molar-refractivity contribution in [2.24, 2.45) is 5.92 Å². The number of hydrogen-bond donors (Lipinski definition) is 1. The highest BCUT2D eigenvalue weighted by Crippen LogP contribution is 2.35. The highest BCUT2D eigenvalue weighted by Gasteiger charge is 2.33. The van der Waals surface area contributed by atoms with E-state index in [1.165, 1.54) is 22.3 Å². The molecule has 4 rings (SSSR count). The van der Waals surface area contributed by atoms with Crippen molar-refractivity contribution in [3.8, 4) is 11.5 Å². The van der Waals surface area contributed by atoms with Crippen molar-refractivity contribution in [1.29, 1.82) is 0 Å². The lowest BCUT2D eigenvalue weighted by Crippen LogP contribution is -2.50. The molecule has 1 aliphatic carbocycles. The highest BCUT2D eigenvalue weighted by atomic mass is 35.5. The van der Waals surface area contributed by atoms with Crippen LogP contribution >= 0.6 is 11.6 Å². The molecule has 2 aliphatic rings. The molecule has 2 aromatic carbocycles. The summed E-state index contributed by atoms with van der Waals surface area (Å²) in [7, 11) is 0. The second kappa shape index (κ2) is 9.55. The summed E-state index contributed by atoms with van der Waals surface area (Å²) < 4.78 is 11.7. The van der Waals surface area contributed by atoms with Crippen LogP contribution in [0.5, 0.6) is 11.5 Å². The molecule has 1 aliphatic heterocycles. The van der Waals surface area contributed by atoms with Crippen LogP contribution in [0.2, 0.25) is 5.02 Å². The first-order chi connectivity index (χ1) is 15.3. The van der Waals surface area contributed by atoms with Gasteiger partial charge in [-0.2, -0.15) is 0 Å². The van der Waals surface area contributed by atoms with Gasteiger partial charge in [0.2, 0.25) is 0 Å². The maximum absolute atomic E-state index is 11.0. The van der Waals surface area contributed by atoms with Crippen LogP contribution in [0.15, 0.2) is 42.0 Å². The summed E-state index contributed by atoms with van der Waals surface area (Å²) in [4.78, 5) is 13.3. The van der Waals surface area contributed by atoms with Crippen molar-refractivity contribution < 1.29 is 19.4 Å². The largest absolute Gasteiger partial charge is 0.489 e. The van der Waals surface area contributed by atoms with Gasteiger partial charge in [0.15, 0.2) is 0 Å². The fraction of sp³-hybridized carbons (Fsp3) is 0.423. The second-order valence-corrected chi connectivity index (χ2v) is 9.40. The monoisotopic (exact) mass is 455 g/mol. The van der Waals surface area contributed by atoms with Gasteiger partial charge in [0.05, 0.1) is 17.0 Å². The number of aryl methyl sites for hydroxylation is 1. The van der Waals surface area contributed by atoms with E-state index in [1.807, 2.05) is 38.1 Å². The molecule has 0 bridgehead atoms. The molecule has 0 spiro atoms. The first-order valence-corrected chi connectivity index (χ1v) is 11.5. The fourth-order valence-electron chi connectivity index (χ4n) is 4.37. The molecule has 0 atom stereocenters. The van der Waals surface area contributed by atoms with E-state index in [4.69, 9.17) is 26.2 Å². The Balaban J connectivity index is 1.38. The summed E-state index contributed by atoms with van der Waals surface area (Å²) in [6.07, 6.45) is 2.06. The Hall–Kier alpha value is -2.50. The quantitative estimate of drug-likeness (QED) is 0.574. The van der Waals surface area contributed by atoms with Gasteiger partial charge in [0.25, 0.3) is 0 Å². The second-order valence-electron chi connectivity index (χ2n) is 9.00. The Kier molecular flexibility index (Phi) is 6.77. The summed E-state index contributed by atoms with van der Waals surface area (Å²) in [6, 6.07) is 12.1. The number of aliphatic carboxylic acids is 1. The lowest BCUT2D eigenvalue weighted by atomic mass is 9.85. The van der Waals surface area contributed by atoms with E-state index in [1.54, 1.807) is 0 Å². The van der Waals surface area contributed by atoms with Gasteiger partial charge in [0.1, 0.15) is 18.1 Å². The molecule has 6 heteroatoms. The highest BCUT2D eigenvalue weighted by molar-refractivity contribution is 6.32. The maximum Gasteiger partial charge on any atom is 0.309 e. The lowest BCUT2D eigenvalue weighted by molar-refractivity contribution is -0.147. The van der Waals surface area contributed by atoms with Gasteiger partial charge in [0, 0.05) is 19.6 Å². The third kappa shape index (κ3) is 5.11. The molecular formula is C26H30ClNO4. The predicted octanol–water partition coefficient (Wildman–Crippen LogP) is 5.44. The average Bonchev–Trinajstić information content (AvgIpc) is 2.71. The molecular weight excluding hydrogens is 426 g/mol. The number of hydrogen-bond acceptors (Lipinski definition) is 4. The minimum atomic E-state index is -0.685. The maximum atomic E-state index is 11.0. The van der Waals surface area contributed by atoms with E-state index < -0.39 is 5.97 Å². The Morgan fingerprint density at radius 3 is 2.66 bits per heavy atom. The van der Waals surface area contributed by atoms with Crippen LogP contribution in [-0.4, -0.2) is 41.7 Å². The van der Waals surface area contributed by atoms with Gasteiger partial charge in [-0.1, -0.05) is 29.3 Å². The standard InChI is InChI=1S/C26H30ClNO4/c1-16(2)32-25-9-4-18(10-24(25)27)15-31-22-7-8-23-17(3)20(6-5-19(23)11-22)12-28-13-21(14-28)26(29)30/h4,7-11,16,21H,5-6,12-15H2,1-3H3,(H,29,30). The molecule has 1 heterocycles. The number of halogens is 1. The molecule has 0 aromatic heterocycles. The first kappa shape index (κ1) is 22.7. The van der Waals surface area contributed by atoms with Crippen molar-refractivity contribution in [3.63, 3.8) is 0 Å². The lowest BCUT2D eigenvalue weighted by Gasteiger charge is -2.38. The van der Waals surface area contributed by atoms with E-state index in [0.717, 1.165) is 30.7 Å². The van der Waals surface area contributed by atoms with Crippen molar-refractivity contribution in [3.05, 3.63) is 63.7 Å². The van der Waals surface area contributed by atoms with Gasteiger partial charge in [-0.05, 0) is 80.1 Å². The van der Waals surface area contributed by atoms with Gasteiger partial charge < -0.3 is 14.6 Å². The molecule has 1 N–H and O–H groups in total. The zero-order valence-electron chi connectivity index (χ0n) is 18.9. The third-order valence-electron chi connectivity index (χ3n) is 6.19. The van der Waals surface area contributed by atoms with Crippen LogP contribution in [0.4, 0.5) is 0 Å². The minimum absolute atomic E-state index is 0.0793. The predicted molar refractivity (Wildman–Crippen MR) is 126 cm³/mol. The van der Waals surface area contributed by atoms with E-state index in [9.17, 15) is 4.79 Å². The number of allylic oxidation sites excluding steroid dienone is 1. The normalized spacial score (nSPS) is 16.7. The molecule has 5 nitrogen and oxygen atoms in total. The molecule has 0 saturated carbocycles. The Labute approximate surface area is 194 Å². The molecule has 0 unspecified atom stereocenters. The third-order valence-corrected chi connectivity index (χ3v) is 6.49. The number of benzene rings is 2. The topological polar surface area (TPSA) is 59.0 Å². The number of ether oxygens (including phenoxy) is 2. The number of rotatable bonds is 8. The molecule has 2 aromatic rings. The molecule has 1 saturated heterocycles. The Morgan fingerprint density at radius 1 is 1.19 bits per heavy atom. The van der Waals surface area contributed by atoms with Gasteiger partial charge in [-0.3, -0.25) is 9.69 Å². The number of carbonyl (C=O) groups is 1. The first-order valence-electron chi connectivity index (χ1n) is 11.1. The zero-order valence-corrected chi connectivity index (χ0v) is 19.6. The number of carboxylic acids is 1. The summed E-state index contributed by atoms with van der Waals surface area (Å²) in [5.41, 5.74) is 6.29.